The fraction of sp³-hybridized carbons (Fsp3) is 0.938. The topological polar surface area (TPSA) is 37.3 Å². The van der Waals surface area contributed by atoms with E-state index in [0.29, 0.717) is 6.42 Å². The van der Waals surface area contributed by atoms with Gasteiger partial charge >= 0.3 is 5.97 Å². The summed E-state index contributed by atoms with van der Waals surface area (Å²) in [6, 6.07) is 0. The molecule has 0 aromatic rings. The molecule has 0 bridgehead atoms. The van der Waals surface area contributed by atoms with E-state index in [0.717, 1.165) is 12.8 Å². The maximum Gasteiger partial charge on any atom is 0.303 e. The molecule has 2 nitrogen and oxygen atoms in total. The van der Waals surface area contributed by atoms with Gasteiger partial charge in [-0.05, 0) is 6.42 Å². The summed E-state index contributed by atoms with van der Waals surface area (Å²) in [5.41, 5.74) is 0. The summed E-state index contributed by atoms with van der Waals surface area (Å²) in [4.78, 5) is 10.3. The van der Waals surface area contributed by atoms with Gasteiger partial charge in [0.05, 0.1) is 0 Å². The van der Waals surface area contributed by atoms with E-state index < -0.39 is 5.97 Å². The van der Waals surface area contributed by atoms with E-state index >= 15 is 0 Å². The zero-order valence-corrected chi connectivity index (χ0v) is 15.2. The molecule has 3 heteroatoms. The molecule has 0 saturated carbocycles. The summed E-state index contributed by atoms with van der Waals surface area (Å²) >= 11 is 0. The molecule has 0 atom stereocenters. The number of hydrogen-bond acceptors (Lipinski definition) is 1. The molecule has 0 amide bonds. The van der Waals surface area contributed by atoms with Crippen molar-refractivity contribution in [3.63, 3.8) is 0 Å². The first-order valence-corrected chi connectivity index (χ1v) is 7.99. The zero-order chi connectivity index (χ0) is 13.5. The molecular weight excluding hydrogens is 315 g/mol. The number of carbonyl (C=O) groups is 1. The Hall–Kier alpha value is 0.353. The van der Waals surface area contributed by atoms with E-state index in [2.05, 4.69) is 6.92 Å². The molecule has 112 valence electrons. The second kappa shape index (κ2) is 18.4. The maximum absolute atomic E-state index is 10.3. The summed E-state index contributed by atoms with van der Waals surface area (Å²) in [6.07, 6.45) is 17.3. The second-order valence-corrected chi connectivity index (χ2v) is 5.39. The van der Waals surface area contributed by atoms with Gasteiger partial charge in [0.1, 0.15) is 0 Å². The molecule has 0 aliphatic rings. The van der Waals surface area contributed by atoms with Crippen molar-refractivity contribution in [2.24, 2.45) is 0 Å². The fourth-order valence-corrected chi connectivity index (χ4v) is 2.29. The van der Waals surface area contributed by atoms with E-state index in [1.54, 1.807) is 0 Å². The normalized spacial score (nSPS) is 10.2. The van der Waals surface area contributed by atoms with Gasteiger partial charge in [-0.1, -0.05) is 84.0 Å². The molecule has 0 unspecified atom stereocenters. The molecule has 0 aliphatic carbocycles. The predicted octanol–water partition coefficient (Wildman–Crippen LogP) is 5.55. The quantitative estimate of drug-likeness (QED) is 0.418. The summed E-state index contributed by atoms with van der Waals surface area (Å²) < 4.78 is 0. The van der Waals surface area contributed by atoms with Gasteiger partial charge in [0.25, 0.3) is 0 Å². The van der Waals surface area contributed by atoms with E-state index in [1.165, 1.54) is 70.6 Å². The SMILES string of the molecule is CCCCCCCCCCCCCCCC(=O)O.[Zr]. The molecular formula is C16H32O2Zr. The van der Waals surface area contributed by atoms with Crippen molar-refractivity contribution in [1.29, 1.82) is 0 Å². The molecule has 0 saturated heterocycles. The largest absolute Gasteiger partial charge is 0.481 e. The molecule has 0 spiro atoms. The van der Waals surface area contributed by atoms with Gasteiger partial charge < -0.3 is 5.11 Å². The Morgan fingerprint density at radius 3 is 1.32 bits per heavy atom. The number of aliphatic carboxylic acids is 1. The van der Waals surface area contributed by atoms with Gasteiger partial charge in [-0.15, -0.1) is 0 Å². The first kappa shape index (κ1) is 21.6. The van der Waals surface area contributed by atoms with Gasteiger partial charge in [0, 0.05) is 32.6 Å². The van der Waals surface area contributed by atoms with E-state index in [4.69, 9.17) is 5.11 Å². The minimum absolute atomic E-state index is 0. The van der Waals surface area contributed by atoms with Crippen LogP contribution < -0.4 is 0 Å². The Labute approximate surface area is 138 Å². The molecule has 0 fully saturated rings. The standard InChI is InChI=1S/C16H32O2.Zr/c1-2-3-4-5-6-7-8-9-10-11-12-13-14-15-16(17)18;/h2-15H2,1H3,(H,17,18);. The molecule has 19 heavy (non-hydrogen) atoms. The maximum atomic E-state index is 10.3. The third-order valence-electron chi connectivity index (χ3n) is 3.49. The molecule has 0 aromatic carbocycles. The third kappa shape index (κ3) is 20.8. The van der Waals surface area contributed by atoms with Crippen molar-refractivity contribution in [1.82, 2.24) is 0 Å². The minimum Gasteiger partial charge on any atom is -0.481 e. The van der Waals surface area contributed by atoms with Crippen LogP contribution in [0.15, 0.2) is 0 Å². The molecule has 1 N–H and O–H groups in total. The van der Waals surface area contributed by atoms with Crippen LogP contribution in [0.25, 0.3) is 0 Å². The first-order chi connectivity index (χ1) is 8.77. The van der Waals surface area contributed by atoms with Crippen LogP contribution in [0.4, 0.5) is 0 Å². The molecule has 0 rings (SSSR count). The Bertz CT molecular complexity index is 184. The first-order valence-electron chi connectivity index (χ1n) is 7.99. The summed E-state index contributed by atoms with van der Waals surface area (Å²) in [7, 11) is 0. The van der Waals surface area contributed by atoms with Crippen LogP contribution in [0.1, 0.15) is 96.8 Å². The monoisotopic (exact) mass is 346 g/mol. The average Bonchev–Trinajstić information content (AvgIpc) is 2.34. The molecule has 0 aliphatic heterocycles. The van der Waals surface area contributed by atoms with Crippen LogP contribution in [0.5, 0.6) is 0 Å². The number of rotatable bonds is 14. The zero-order valence-electron chi connectivity index (χ0n) is 12.8. The van der Waals surface area contributed by atoms with Crippen molar-refractivity contribution in [3.8, 4) is 0 Å². The smallest absolute Gasteiger partial charge is 0.303 e. The van der Waals surface area contributed by atoms with Crippen LogP contribution in [-0.4, -0.2) is 11.1 Å². The van der Waals surface area contributed by atoms with Crippen molar-refractivity contribution in [3.05, 3.63) is 0 Å². The summed E-state index contributed by atoms with van der Waals surface area (Å²) in [6.45, 7) is 2.26. The number of hydrogen-bond donors (Lipinski definition) is 1. The van der Waals surface area contributed by atoms with Crippen LogP contribution in [0.2, 0.25) is 0 Å². The number of unbranched alkanes of at least 4 members (excludes halogenated alkanes) is 12. The molecule has 0 radical (unpaired) electrons. The minimum atomic E-state index is -0.655. The van der Waals surface area contributed by atoms with Gasteiger partial charge in [0.2, 0.25) is 0 Å². The van der Waals surface area contributed by atoms with E-state index in [9.17, 15) is 4.79 Å². The Morgan fingerprint density at radius 2 is 1.00 bits per heavy atom. The van der Waals surface area contributed by atoms with E-state index in [-0.39, 0.29) is 26.2 Å². The Kier molecular flexibility index (Phi) is 20.9. The number of carboxylic acids is 1. The fourth-order valence-electron chi connectivity index (χ4n) is 2.29. The average molecular weight is 348 g/mol. The van der Waals surface area contributed by atoms with Crippen LogP contribution in [0, 0.1) is 0 Å². The summed E-state index contributed by atoms with van der Waals surface area (Å²) in [5, 5.41) is 8.49. The van der Waals surface area contributed by atoms with Crippen LogP contribution >= 0.6 is 0 Å². The van der Waals surface area contributed by atoms with Crippen molar-refractivity contribution in [2.45, 2.75) is 96.8 Å². The Morgan fingerprint density at radius 1 is 0.684 bits per heavy atom. The van der Waals surface area contributed by atoms with Gasteiger partial charge in [-0.2, -0.15) is 0 Å². The Balaban J connectivity index is 0. The van der Waals surface area contributed by atoms with Crippen molar-refractivity contribution < 1.29 is 36.1 Å². The van der Waals surface area contributed by atoms with E-state index in [1.807, 2.05) is 0 Å². The van der Waals surface area contributed by atoms with Gasteiger partial charge in [-0.25, -0.2) is 0 Å². The van der Waals surface area contributed by atoms with Gasteiger partial charge in [0.15, 0.2) is 0 Å². The molecule has 0 aromatic heterocycles. The van der Waals surface area contributed by atoms with Crippen LogP contribution in [0.3, 0.4) is 0 Å². The second-order valence-electron chi connectivity index (χ2n) is 5.39. The third-order valence-corrected chi connectivity index (χ3v) is 3.49. The molecule has 0 heterocycles. The van der Waals surface area contributed by atoms with Gasteiger partial charge in [-0.3, -0.25) is 4.79 Å². The van der Waals surface area contributed by atoms with Crippen molar-refractivity contribution in [2.75, 3.05) is 0 Å². The number of carboxylic acid groups (broad SMARTS) is 1. The van der Waals surface area contributed by atoms with Crippen molar-refractivity contribution >= 4 is 5.97 Å². The van der Waals surface area contributed by atoms with Crippen LogP contribution in [-0.2, 0) is 31.0 Å². The summed E-state index contributed by atoms with van der Waals surface area (Å²) in [5.74, 6) is -0.655. The predicted molar refractivity (Wildman–Crippen MR) is 77.9 cm³/mol.